The van der Waals surface area contributed by atoms with Crippen LogP contribution in [0.25, 0.3) is 0 Å². The van der Waals surface area contributed by atoms with Crippen molar-refractivity contribution in [2.75, 3.05) is 0 Å². The average molecular weight is 232 g/mol. The van der Waals surface area contributed by atoms with Gasteiger partial charge in [-0.15, -0.1) is 0 Å². The van der Waals surface area contributed by atoms with Gasteiger partial charge < -0.3 is 4.74 Å². The van der Waals surface area contributed by atoms with Gasteiger partial charge in [0.15, 0.2) is 0 Å². The number of allylic oxidation sites excluding steroid dienone is 3. The number of rotatable bonds is 0. The van der Waals surface area contributed by atoms with E-state index in [4.69, 9.17) is 4.74 Å². The molecule has 92 valence electrons. The Morgan fingerprint density at radius 1 is 1.53 bits per heavy atom. The zero-order chi connectivity index (χ0) is 12.2. The number of ether oxygens (including phenoxy) is 1. The summed E-state index contributed by atoms with van der Waals surface area (Å²) in [6.45, 7) is 8.52. The van der Waals surface area contributed by atoms with E-state index in [0.717, 1.165) is 19.3 Å². The van der Waals surface area contributed by atoms with E-state index >= 15 is 0 Å². The molecule has 1 heterocycles. The summed E-state index contributed by atoms with van der Waals surface area (Å²) in [6.07, 6.45) is 7.71. The van der Waals surface area contributed by atoms with Gasteiger partial charge in [0, 0.05) is 5.92 Å². The second-order valence-electron chi connectivity index (χ2n) is 6.19. The van der Waals surface area contributed by atoms with E-state index in [1.165, 1.54) is 5.57 Å². The van der Waals surface area contributed by atoms with E-state index in [1.54, 1.807) is 0 Å². The summed E-state index contributed by atoms with van der Waals surface area (Å²) in [4.78, 5) is 11.7. The summed E-state index contributed by atoms with van der Waals surface area (Å²) < 4.78 is 5.52. The van der Waals surface area contributed by atoms with Crippen LogP contribution in [-0.2, 0) is 9.53 Å². The lowest BCUT2D eigenvalue weighted by atomic mass is 9.57. The first-order valence-electron chi connectivity index (χ1n) is 6.57. The Morgan fingerprint density at radius 2 is 2.29 bits per heavy atom. The minimum atomic E-state index is -0.00293. The van der Waals surface area contributed by atoms with Crippen LogP contribution in [0, 0.1) is 23.2 Å². The Hall–Kier alpha value is -1.05. The first-order valence-corrected chi connectivity index (χ1v) is 6.57. The minimum absolute atomic E-state index is 0.00293. The molecular weight excluding hydrogens is 212 g/mol. The Morgan fingerprint density at radius 3 is 3.06 bits per heavy atom. The van der Waals surface area contributed by atoms with Gasteiger partial charge in [0.1, 0.15) is 6.10 Å². The van der Waals surface area contributed by atoms with Crippen molar-refractivity contribution in [1.82, 2.24) is 0 Å². The van der Waals surface area contributed by atoms with E-state index in [2.05, 4.69) is 25.7 Å². The van der Waals surface area contributed by atoms with Crippen molar-refractivity contribution in [3.05, 3.63) is 24.3 Å². The molecule has 0 spiro atoms. The fraction of sp³-hybridized carbons (Fsp3) is 0.667. The Labute approximate surface area is 103 Å². The highest BCUT2D eigenvalue weighted by atomic mass is 16.6. The molecule has 0 aromatic carbocycles. The standard InChI is InChI=1S/C15H20O2/c1-9-5-4-6-15(3)8-13-11(7-12(9)15)10(2)14(16)17-13/h4,6,10-13H,1,5,7-8H2,2-3H3/t10-,11-,12-,13-,15-/m1/s1. The molecule has 0 aromatic rings. The molecule has 3 rings (SSSR count). The molecule has 0 radical (unpaired) electrons. The van der Waals surface area contributed by atoms with Crippen LogP contribution >= 0.6 is 0 Å². The van der Waals surface area contributed by atoms with Crippen molar-refractivity contribution >= 4 is 5.97 Å². The highest BCUT2D eigenvalue weighted by Crippen LogP contribution is 2.54. The molecule has 0 aromatic heterocycles. The van der Waals surface area contributed by atoms with Gasteiger partial charge in [0.05, 0.1) is 5.92 Å². The molecule has 0 bridgehead atoms. The van der Waals surface area contributed by atoms with E-state index in [-0.39, 0.29) is 23.4 Å². The second kappa shape index (κ2) is 3.47. The maximum atomic E-state index is 11.7. The number of hydrogen-bond acceptors (Lipinski definition) is 2. The van der Waals surface area contributed by atoms with Gasteiger partial charge in [0.25, 0.3) is 0 Å². The zero-order valence-electron chi connectivity index (χ0n) is 10.6. The number of carbonyl (C=O) groups excluding carboxylic acids is 1. The normalized spacial score (nSPS) is 48.6. The zero-order valence-corrected chi connectivity index (χ0v) is 10.6. The first kappa shape index (κ1) is 11.1. The number of esters is 1. The molecule has 2 nitrogen and oxygen atoms in total. The molecule has 1 saturated heterocycles. The molecule has 0 unspecified atom stereocenters. The second-order valence-corrected chi connectivity index (χ2v) is 6.19. The summed E-state index contributed by atoms with van der Waals surface area (Å²) in [5.41, 5.74) is 1.49. The van der Waals surface area contributed by atoms with E-state index < -0.39 is 0 Å². The van der Waals surface area contributed by atoms with Crippen LogP contribution in [0.2, 0.25) is 0 Å². The number of fused-ring (bicyclic) bond motifs is 2. The summed E-state index contributed by atoms with van der Waals surface area (Å²) in [5.74, 6) is 1.01. The molecule has 1 saturated carbocycles. The van der Waals surface area contributed by atoms with E-state index in [9.17, 15) is 4.79 Å². The third kappa shape index (κ3) is 1.50. The molecule has 5 atom stereocenters. The van der Waals surface area contributed by atoms with Crippen LogP contribution in [0.4, 0.5) is 0 Å². The Kier molecular flexibility index (Phi) is 2.26. The molecule has 0 amide bonds. The van der Waals surface area contributed by atoms with E-state index in [1.807, 2.05) is 6.92 Å². The van der Waals surface area contributed by atoms with Crippen LogP contribution in [-0.4, -0.2) is 12.1 Å². The van der Waals surface area contributed by atoms with Gasteiger partial charge in [-0.3, -0.25) is 4.79 Å². The molecule has 17 heavy (non-hydrogen) atoms. The highest BCUT2D eigenvalue weighted by molar-refractivity contribution is 5.75. The molecule has 2 heteroatoms. The van der Waals surface area contributed by atoms with Crippen molar-refractivity contribution < 1.29 is 9.53 Å². The van der Waals surface area contributed by atoms with Crippen LogP contribution in [0.15, 0.2) is 24.3 Å². The lowest BCUT2D eigenvalue weighted by Gasteiger charge is -2.47. The van der Waals surface area contributed by atoms with Crippen LogP contribution in [0.3, 0.4) is 0 Å². The predicted molar refractivity (Wildman–Crippen MR) is 66.3 cm³/mol. The van der Waals surface area contributed by atoms with Crippen molar-refractivity contribution in [3.63, 3.8) is 0 Å². The van der Waals surface area contributed by atoms with Crippen molar-refractivity contribution in [1.29, 1.82) is 0 Å². The van der Waals surface area contributed by atoms with Crippen LogP contribution < -0.4 is 0 Å². The van der Waals surface area contributed by atoms with Crippen molar-refractivity contribution in [2.45, 2.75) is 39.2 Å². The number of hydrogen-bond donors (Lipinski definition) is 0. The SMILES string of the molecule is C=C1CC=C[C@]2(C)C[C@H]3OC(=O)[C@H](C)[C@H]3C[C@H]12. The maximum absolute atomic E-state index is 11.7. The van der Waals surface area contributed by atoms with Gasteiger partial charge in [-0.1, -0.05) is 38.2 Å². The summed E-state index contributed by atoms with van der Waals surface area (Å²) in [5, 5.41) is 0. The Balaban J connectivity index is 1.93. The molecule has 2 fully saturated rings. The van der Waals surface area contributed by atoms with Crippen molar-refractivity contribution in [3.8, 4) is 0 Å². The predicted octanol–water partition coefficient (Wildman–Crippen LogP) is 3.10. The quantitative estimate of drug-likeness (QED) is 0.474. The van der Waals surface area contributed by atoms with Crippen LogP contribution in [0.1, 0.15) is 33.1 Å². The van der Waals surface area contributed by atoms with Gasteiger partial charge in [-0.05, 0) is 30.6 Å². The topological polar surface area (TPSA) is 26.3 Å². The largest absolute Gasteiger partial charge is 0.462 e. The Bertz CT molecular complexity index is 409. The third-order valence-electron chi connectivity index (χ3n) is 5.08. The molecule has 3 aliphatic rings. The molecular formula is C15H20O2. The summed E-state index contributed by atoms with van der Waals surface area (Å²) in [7, 11) is 0. The van der Waals surface area contributed by atoms with Crippen LogP contribution in [0.5, 0.6) is 0 Å². The highest BCUT2D eigenvalue weighted by Gasteiger charge is 2.52. The van der Waals surface area contributed by atoms with Gasteiger partial charge >= 0.3 is 5.97 Å². The smallest absolute Gasteiger partial charge is 0.309 e. The lowest BCUT2D eigenvalue weighted by molar-refractivity contribution is -0.145. The van der Waals surface area contributed by atoms with Gasteiger partial charge in [-0.25, -0.2) is 0 Å². The van der Waals surface area contributed by atoms with Gasteiger partial charge in [0.2, 0.25) is 0 Å². The average Bonchev–Trinajstić information content (AvgIpc) is 2.52. The summed E-state index contributed by atoms with van der Waals surface area (Å²) >= 11 is 0. The number of carbonyl (C=O) groups is 1. The van der Waals surface area contributed by atoms with Gasteiger partial charge in [-0.2, -0.15) is 0 Å². The molecule has 1 aliphatic heterocycles. The minimum Gasteiger partial charge on any atom is -0.462 e. The fourth-order valence-electron chi connectivity index (χ4n) is 3.95. The molecule has 2 aliphatic carbocycles. The third-order valence-corrected chi connectivity index (χ3v) is 5.08. The molecule has 0 N–H and O–H groups in total. The fourth-order valence-corrected chi connectivity index (χ4v) is 3.95. The summed E-state index contributed by atoms with van der Waals surface area (Å²) in [6, 6.07) is 0. The van der Waals surface area contributed by atoms with E-state index in [0.29, 0.717) is 11.8 Å². The monoisotopic (exact) mass is 232 g/mol. The maximum Gasteiger partial charge on any atom is 0.309 e. The first-order chi connectivity index (χ1) is 8.01. The lowest BCUT2D eigenvalue weighted by Crippen LogP contribution is -2.42. The van der Waals surface area contributed by atoms with Crippen molar-refractivity contribution in [2.24, 2.45) is 23.2 Å².